The summed E-state index contributed by atoms with van der Waals surface area (Å²) < 4.78 is 16.7. The molecule has 1 amide bonds. The summed E-state index contributed by atoms with van der Waals surface area (Å²) in [7, 11) is 0. The summed E-state index contributed by atoms with van der Waals surface area (Å²) in [4.78, 5) is 25.0. The molecule has 1 fully saturated rings. The number of hydrogen-bond donors (Lipinski definition) is 6. The highest BCUT2D eigenvalue weighted by Crippen LogP contribution is 2.23. The maximum Gasteiger partial charge on any atom is 0.305 e. The number of ether oxygens (including phenoxy) is 3. The molecule has 1 rings (SSSR count). The molecule has 1 aliphatic rings. The Morgan fingerprint density at radius 3 is 1.41 bits per heavy atom. The predicted octanol–water partition coefficient (Wildman–Crippen LogP) is 12.6. The largest absolute Gasteiger partial charge is 0.466 e. The molecule has 1 heterocycles. The molecule has 7 atom stereocenters. The Balaban J connectivity index is 2.06. The number of unbranched alkanes of at least 4 members (excludes halogenated alkanes) is 33. The van der Waals surface area contributed by atoms with Crippen LogP contribution in [0, 0.1) is 0 Å². The highest BCUT2D eigenvalue weighted by atomic mass is 16.7. The van der Waals surface area contributed by atoms with Crippen LogP contribution in [0.5, 0.6) is 0 Å². The molecular formula is C57H107NO10. The lowest BCUT2D eigenvalue weighted by Gasteiger charge is -2.40. The Hall–Kier alpha value is -1.86. The van der Waals surface area contributed by atoms with Gasteiger partial charge in [-0.05, 0) is 57.8 Å². The Labute approximate surface area is 416 Å². The standard InChI is InChI=1S/C57H107NO10/c1-3-5-7-9-11-13-14-21-25-29-33-37-41-45-53(62)66-46-42-38-34-30-26-23-20-18-16-15-17-19-22-24-28-32-36-40-44-52(61)58-49(50(60)43-39-35-31-27-12-10-8-6-4-2)48-67-57-56(65)55(64)54(63)51(47-59)68-57/h17,19,39,43,49-51,54-57,59-60,63-65H,3-16,18,20-38,40-42,44-48H2,1-2H3,(H,58,61)/b19-17-,43-39+. The lowest BCUT2D eigenvalue weighted by atomic mass is 9.99. The third kappa shape index (κ3) is 37.0. The molecule has 0 saturated carbocycles. The molecule has 6 N–H and O–H groups in total. The van der Waals surface area contributed by atoms with Crippen molar-refractivity contribution in [3.63, 3.8) is 0 Å². The second kappa shape index (κ2) is 47.5. The topological polar surface area (TPSA) is 175 Å². The van der Waals surface area contributed by atoms with Gasteiger partial charge in [0.15, 0.2) is 6.29 Å². The van der Waals surface area contributed by atoms with Crippen LogP contribution >= 0.6 is 0 Å². The summed E-state index contributed by atoms with van der Waals surface area (Å²) in [6.45, 7) is 4.29. The van der Waals surface area contributed by atoms with E-state index in [1.54, 1.807) is 6.08 Å². The Morgan fingerprint density at radius 1 is 0.529 bits per heavy atom. The molecule has 0 bridgehead atoms. The first kappa shape index (κ1) is 64.2. The lowest BCUT2D eigenvalue weighted by molar-refractivity contribution is -0.302. The van der Waals surface area contributed by atoms with Crippen LogP contribution in [-0.2, 0) is 23.8 Å². The molecule has 0 aromatic heterocycles. The Morgan fingerprint density at radius 2 is 0.941 bits per heavy atom. The minimum absolute atomic E-state index is 0.0115. The van der Waals surface area contributed by atoms with Crippen molar-refractivity contribution in [3.05, 3.63) is 24.3 Å². The van der Waals surface area contributed by atoms with Crippen molar-refractivity contribution >= 4 is 11.9 Å². The molecule has 0 radical (unpaired) electrons. The Kier molecular flexibility index (Phi) is 44.8. The molecule has 1 aliphatic heterocycles. The van der Waals surface area contributed by atoms with Gasteiger partial charge in [-0.3, -0.25) is 9.59 Å². The van der Waals surface area contributed by atoms with Crippen LogP contribution in [-0.4, -0.2) is 100 Å². The number of carbonyl (C=O) groups is 2. The number of carbonyl (C=O) groups excluding carboxylic acids is 2. The highest BCUT2D eigenvalue weighted by molar-refractivity contribution is 5.76. The predicted molar refractivity (Wildman–Crippen MR) is 278 cm³/mol. The molecular weight excluding hydrogens is 859 g/mol. The fourth-order valence-electron chi connectivity index (χ4n) is 8.96. The van der Waals surface area contributed by atoms with Crippen molar-refractivity contribution < 1.29 is 49.3 Å². The summed E-state index contributed by atoms with van der Waals surface area (Å²) in [5, 5.41) is 54.1. The van der Waals surface area contributed by atoms with Crippen molar-refractivity contribution in [2.24, 2.45) is 0 Å². The third-order valence-electron chi connectivity index (χ3n) is 13.6. The van der Waals surface area contributed by atoms with Gasteiger partial charge in [-0.2, -0.15) is 0 Å². The number of amides is 1. The maximum atomic E-state index is 13.0. The van der Waals surface area contributed by atoms with E-state index in [0.717, 1.165) is 89.9 Å². The number of aliphatic hydroxyl groups is 5. The van der Waals surface area contributed by atoms with Gasteiger partial charge >= 0.3 is 5.97 Å². The molecule has 0 aromatic carbocycles. The molecule has 7 unspecified atom stereocenters. The Bertz CT molecular complexity index is 1180. The van der Waals surface area contributed by atoms with Crippen LogP contribution in [0.3, 0.4) is 0 Å². The van der Waals surface area contributed by atoms with Crippen LogP contribution in [0.15, 0.2) is 24.3 Å². The summed E-state index contributed by atoms with van der Waals surface area (Å²) >= 11 is 0. The summed E-state index contributed by atoms with van der Waals surface area (Å²) in [6.07, 6.45) is 45.6. The fourth-order valence-corrected chi connectivity index (χ4v) is 8.96. The second-order valence-corrected chi connectivity index (χ2v) is 20.0. The van der Waals surface area contributed by atoms with Crippen LogP contribution in [0.4, 0.5) is 0 Å². The van der Waals surface area contributed by atoms with Crippen molar-refractivity contribution in [2.45, 2.75) is 307 Å². The van der Waals surface area contributed by atoms with E-state index in [0.29, 0.717) is 19.4 Å². The van der Waals surface area contributed by atoms with Gasteiger partial charge in [0, 0.05) is 12.8 Å². The molecule has 11 nitrogen and oxygen atoms in total. The van der Waals surface area contributed by atoms with Gasteiger partial charge in [0.1, 0.15) is 24.4 Å². The average molecular weight is 966 g/mol. The van der Waals surface area contributed by atoms with Crippen LogP contribution in [0.25, 0.3) is 0 Å². The van der Waals surface area contributed by atoms with Gasteiger partial charge in [0.05, 0.1) is 32.0 Å². The lowest BCUT2D eigenvalue weighted by Crippen LogP contribution is -2.60. The van der Waals surface area contributed by atoms with E-state index in [1.165, 1.54) is 148 Å². The van der Waals surface area contributed by atoms with E-state index in [4.69, 9.17) is 14.2 Å². The first-order valence-corrected chi connectivity index (χ1v) is 28.6. The van der Waals surface area contributed by atoms with E-state index in [9.17, 15) is 35.1 Å². The van der Waals surface area contributed by atoms with Gasteiger partial charge in [-0.25, -0.2) is 0 Å². The number of hydrogen-bond acceptors (Lipinski definition) is 10. The van der Waals surface area contributed by atoms with Gasteiger partial charge in [0.2, 0.25) is 5.91 Å². The minimum atomic E-state index is -1.57. The third-order valence-corrected chi connectivity index (χ3v) is 13.6. The smallest absolute Gasteiger partial charge is 0.305 e. The van der Waals surface area contributed by atoms with Crippen LogP contribution < -0.4 is 5.32 Å². The van der Waals surface area contributed by atoms with Crippen molar-refractivity contribution in [1.82, 2.24) is 5.32 Å². The normalized spacial score (nSPS) is 19.5. The zero-order valence-electron chi connectivity index (χ0n) is 43.8. The van der Waals surface area contributed by atoms with Gasteiger partial charge in [-0.15, -0.1) is 0 Å². The first-order chi connectivity index (χ1) is 33.2. The van der Waals surface area contributed by atoms with Crippen LogP contribution in [0.2, 0.25) is 0 Å². The number of esters is 1. The van der Waals surface area contributed by atoms with E-state index in [-0.39, 0.29) is 18.5 Å². The monoisotopic (exact) mass is 966 g/mol. The molecule has 11 heteroatoms. The van der Waals surface area contributed by atoms with E-state index < -0.39 is 49.5 Å². The van der Waals surface area contributed by atoms with Gasteiger partial charge < -0.3 is 45.1 Å². The van der Waals surface area contributed by atoms with E-state index >= 15 is 0 Å². The van der Waals surface area contributed by atoms with Crippen LogP contribution in [0.1, 0.15) is 264 Å². The molecule has 0 aliphatic carbocycles. The summed E-state index contributed by atoms with van der Waals surface area (Å²) in [5.74, 6) is -0.210. The van der Waals surface area contributed by atoms with E-state index in [1.807, 2.05) is 6.08 Å². The van der Waals surface area contributed by atoms with E-state index in [2.05, 4.69) is 31.3 Å². The average Bonchev–Trinajstić information content (AvgIpc) is 3.33. The number of aliphatic hydroxyl groups excluding tert-OH is 5. The number of allylic oxidation sites excluding steroid dienone is 3. The van der Waals surface area contributed by atoms with Gasteiger partial charge in [0.25, 0.3) is 0 Å². The quantitative estimate of drug-likeness (QED) is 0.0196. The molecule has 1 saturated heterocycles. The molecule has 0 aromatic rings. The first-order valence-electron chi connectivity index (χ1n) is 28.6. The number of nitrogens with one attached hydrogen (secondary N) is 1. The van der Waals surface area contributed by atoms with Crippen molar-refractivity contribution in [3.8, 4) is 0 Å². The number of rotatable bonds is 49. The zero-order valence-corrected chi connectivity index (χ0v) is 43.8. The van der Waals surface area contributed by atoms with Crippen molar-refractivity contribution in [1.29, 1.82) is 0 Å². The summed E-state index contributed by atoms with van der Waals surface area (Å²) in [5.41, 5.74) is 0. The van der Waals surface area contributed by atoms with Crippen molar-refractivity contribution in [2.75, 3.05) is 19.8 Å². The molecule has 68 heavy (non-hydrogen) atoms. The SMILES string of the molecule is CCCCCCCCC/C=C/C(O)C(COC1OC(CO)C(O)C(O)C1O)NC(=O)CCCCCCC/C=C\CCCCCCCCCCCOC(=O)CCCCCCCCCCCCCCC. The maximum absolute atomic E-state index is 13.0. The highest BCUT2D eigenvalue weighted by Gasteiger charge is 2.44. The second-order valence-electron chi connectivity index (χ2n) is 20.0. The molecule has 0 spiro atoms. The zero-order chi connectivity index (χ0) is 49.6. The fraction of sp³-hybridized carbons (Fsp3) is 0.895. The van der Waals surface area contributed by atoms with Gasteiger partial charge in [-0.1, -0.05) is 218 Å². The minimum Gasteiger partial charge on any atom is -0.466 e. The summed E-state index contributed by atoms with van der Waals surface area (Å²) in [6, 6.07) is -0.818. The molecule has 400 valence electrons.